The van der Waals surface area contributed by atoms with E-state index in [1.807, 2.05) is 0 Å². The van der Waals surface area contributed by atoms with E-state index in [2.05, 4.69) is 23.6 Å². The average Bonchev–Trinajstić information content (AvgIpc) is 3.29. The highest BCUT2D eigenvalue weighted by Crippen LogP contribution is 2.42. The largest absolute Gasteiger partial charge is 0.493 e. The second kappa shape index (κ2) is 5.49. The molecule has 1 saturated carbocycles. The Morgan fingerprint density at radius 2 is 2.26 bits per heavy atom. The van der Waals surface area contributed by atoms with Gasteiger partial charge in [0, 0.05) is 12.7 Å². The molecule has 1 aliphatic heterocycles. The summed E-state index contributed by atoms with van der Waals surface area (Å²) in [5.74, 6) is 7.42. The lowest BCUT2D eigenvalue weighted by Gasteiger charge is -2.29. The van der Waals surface area contributed by atoms with Crippen molar-refractivity contribution in [3.05, 3.63) is 29.3 Å². The minimum atomic E-state index is 0.00514. The van der Waals surface area contributed by atoms with Crippen molar-refractivity contribution in [2.45, 2.75) is 37.8 Å². The van der Waals surface area contributed by atoms with Gasteiger partial charge in [-0.3, -0.25) is 11.3 Å². The normalized spacial score (nSPS) is 21.4. The van der Waals surface area contributed by atoms with Crippen LogP contribution in [0.25, 0.3) is 0 Å². The molecule has 2 atom stereocenters. The number of fused-ring (bicyclic) bond motifs is 1. The van der Waals surface area contributed by atoms with Crippen molar-refractivity contribution >= 4 is 0 Å². The van der Waals surface area contributed by atoms with Gasteiger partial charge in [-0.2, -0.15) is 0 Å². The minimum absolute atomic E-state index is 0.00514. The zero-order valence-corrected chi connectivity index (χ0v) is 11.4. The maximum Gasteiger partial charge on any atom is 0.127 e. The van der Waals surface area contributed by atoms with Crippen molar-refractivity contribution in [2.75, 3.05) is 13.7 Å². The molecule has 2 unspecified atom stereocenters. The lowest BCUT2D eigenvalue weighted by Crippen LogP contribution is -2.39. The van der Waals surface area contributed by atoms with Gasteiger partial charge in [-0.25, -0.2) is 0 Å². The number of hydrogen-bond donors (Lipinski definition) is 2. The summed E-state index contributed by atoms with van der Waals surface area (Å²) in [7, 11) is 1.77. The molecule has 4 heteroatoms. The van der Waals surface area contributed by atoms with E-state index < -0.39 is 0 Å². The van der Waals surface area contributed by atoms with Crippen molar-refractivity contribution in [3.63, 3.8) is 0 Å². The standard InChI is InChI=1S/C15H22N2O2/c1-18-15(11-7-8-11)13(17-16)12-6-2-4-10-5-3-9-19-14(10)12/h2,4,6,11,13,15,17H,3,5,7-9,16H2,1H3. The van der Waals surface area contributed by atoms with Gasteiger partial charge in [0.05, 0.1) is 18.8 Å². The van der Waals surface area contributed by atoms with Crippen molar-refractivity contribution in [1.82, 2.24) is 5.43 Å². The Morgan fingerprint density at radius 3 is 2.95 bits per heavy atom. The van der Waals surface area contributed by atoms with E-state index in [0.717, 1.165) is 30.8 Å². The molecule has 0 bridgehead atoms. The lowest BCUT2D eigenvalue weighted by atomic mass is 9.93. The van der Waals surface area contributed by atoms with Crippen LogP contribution in [0.4, 0.5) is 0 Å². The SMILES string of the molecule is COC(C1CC1)C(NN)c1cccc2c1OCCC2. The highest BCUT2D eigenvalue weighted by molar-refractivity contribution is 5.45. The summed E-state index contributed by atoms with van der Waals surface area (Å²) >= 11 is 0. The fourth-order valence-corrected chi connectivity index (χ4v) is 3.05. The van der Waals surface area contributed by atoms with Crippen LogP contribution in [-0.4, -0.2) is 19.8 Å². The molecule has 0 saturated heterocycles. The van der Waals surface area contributed by atoms with Crippen LogP contribution in [0.2, 0.25) is 0 Å². The van der Waals surface area contributed by atoms with Crippen LogP contribution >= 0.6 is 0 Å². The third kappa shape index (κ3) is 2.48. The number of nitrogens with two attached hydrogens (primary N) is 1. The summed E-state index contributed by atoms with van der Waals surface area (Å²) in [6.45, 7) is 0.794. The highest BCUT2D eigenvalue weighted by atomic mass is 16.5. The van der Waals surface area contributed by atoms with Gasteiger partial charge in [-0.1, -0.05) is 18.2 Å². The van der Waals surface area contributed by atoms with Gasteiger partial charge in [0.15, 0.2) is 0 Å². The summed E-state index contributed by atoms with van der Waals surface area (Å²) in [6, 6.07) is 6.34. The number of ether oxygens (including phenoxy) is 2. The molecule has 104 valence electrons. The predicted octanol–water partition coefficient (Wildman–Crippen LogP) is 1.94. The maximum absolute atomic E-state index is 5.88. The number of para-hydroxylation sites is 1. The Hall–Kier alpha value is -1.10. The molecular weight excluding hydrogens is 240 g/mol. The fourth-order valence-electron chi connectivity index (χ4n) is 3.05. The van der Waals surface area contributed by atoms with Crippen LogP contribution in [0.1, 0.15) is 36.4 Å². The molecular formula is C15H22N2O2. The molecule has 0 aromatic heterocycles. The van der Waals surface area contributed by atoms with Crippen LogP contribution in [-0.2, 0) is 11.2 Å². The van der Waals surface area contributed by atoms with Gasteiger partial charge < -0.3 is 9.47 Å². The monoisotopic (exact) mass is 262 g/mol. The smallest absolute Gasteiger partial charge is 0.127 e. The van der Waals surface area contributed by atoms with Crippen LogP contribution < -0.4 is 16.0 Å². The Bertz CT molecular complexity index is 446. The molecule has 1 fully saturated rings. The average molecular weight is 262 g/mol. The van der Waals surface area contributed by atoms with E-state index in [-0.39, 0.29) is 12.1 Å². The molecule has 1 aromatic carbocycles. The predicted molar refractivity (Wildman–Crippen MR) is 73.8 cm³/mol. The van der Waals surface area contributed by atoms with Gasteiger partial charge in [0.2, 0.25) is 0 Å². The van der Waals surface area contributed by atoms with Gasteiger partial charge >= 0.3 is 0 Å². The van der Waals surface area contributed by atoms with E-state index in [4.69, 9.17) is 15.3 Å². The van der Waals surface area contributed by atoms with E-state index in [1.165, 1.54) is 18.4 Å². The van der Waals surface area contributed by atoms with E-state index >= 15 is 0 Å². The van der Waals surface area contributed by atoms with Crippen molar-refractivity contribution in [3.8, 4) is 5.75 Å². The van der Waals surface area contributed by atoms with Crippen LogP contribution in [0.5, 0.6) is 5.75 Å². The minimum Gasteiger partial charge on any atom is -0.493 e. The number of nitrogens with one attached hydrogen (secondary N) is 1. The van der Waals surface area contributed by atoms with Gasteiger partial charge in [0.25, 0.3) is 0 Å². The molecule has 1 aliphatic carbocycles. The topological polar surface area (TPSA) is 56.5 Å². The molecule has 19 heavy (non-hydrogen) atoms. The zero-order chi connectivity index (χ0) is 13.2. The molecule has 4 nitrogen and oxygen atoms in total. The fraction of sp³-hybridized carbons (Fsp3) is 0.600. The van der Waals surface area contributed by atoms with Crippen molar-refractivity contribution in [2.24, 2.45) is 11.8 Å². The Morgan fingerprint density at radius 1 is 1.42 bits per heavy atom. The molecule has 0 amide bonds. The van der Waals surface area contributed by atoms with E-state index in [0.29, 0.717) is 5.92 Å². The number of aryl methyl sites for hydroxylation is 1. The van der Waals surface area contributed by atoms with Gasteiger partial charge in [-0.15, -0.1) is 0 Å². The lowest BCUT2D eigenvalue weighted by molar-refractivity contribution is 0.0495. The Kier molecular flexibility index (Phi) is 3.73. The molecule has 3 N–H and O–H groups in total. The first-order chi connectivity index (χ1) is 9.35. The van der Waals surface area contributed by atoms with Crippen molar-refractivity contribution in [1.29, 1.82) is 0 Å². The summed E-state index contributed by atoms with van der Waals surface area (Å²) in [5, 5.41) is 0. The maximum atomic E-state index is 5.88. The van der Waals surface area contributed by atoms with Gasteiger partial charge in [0.1, 0.15) is 5.75 Å². The van der Waals surface area contributed by atoms with Crippen molar-refractivity contribution < 1.29 is 9.47 Å². The Balaban J connectivity index is 1.94. The Labute approximate surface area is 114 Å². The summed E-state index contributed by atoms with van der Waals surface area (Å²) in [4.78, 5) is 0. The molecule has 2 aliphatic rings. The first kappa shape index (κ1) is 12.9. The third-order valence-electron chi connectivity index (χ3n) is 4.17. The summed E-state index contributed by atoms with van der Waals surface area (Å²) < 4.78 is 11.6. The molecule has 3 rings (SSSR count). The number of benzene rings is 1. The van der Waals surface area contributed by atoms with Crippen LogP contribution in [0.3, 0.4) is 0 Å². The first-order valence-corrected chi connectivity index (χ1v) is 7.08. The van der Waals surface area contributed by atoms with E-state index in [9.17, 15) is 0 Å². The zero-order valence-electron chi connectivity index (χ0n) is 11.4. The third-order valence-corrected chi connectivity index (χ3v) is 4.17. The van der Waals surface area contributed by atoms with Gasteiger partial charge in [-0.05, 0) is 37.2 Å². The molecule has 1 heterocycles. The molecule has 0 radical (unpaired) electrons. The molecule has 0 spiro atoms. The summed E-state index contributed by atoms with van der Waals surface area (Å²) in [6.07, 6.45) is 4.76. The first-order valence-electron chi connectivity index (χ1n) is 7.08. The molecule has 1 aromatic rings. The van der Waals surface area contributed by atoms with E-state index in [1.54, 1.807) is 7.11 Å². The number of rotatable bonds is 5. The number of hydrazine groups is 1. The van der Waals surface area contributed by atoms with Crippen LogP contribution in [0, 0.1) is 5.92 Å². The number of methoxy groups -OCH3 is 1. The quantitative estimate of drug-likeness (QED) is 0.629. The van der Waals surface area contributed by atoms with Crippen LogP contribution in [0.15, 0.2) is 18.2 Å². The summed E-state index contributed by atoms with van der Waals surface area (Å²) in [5.41, 5.74) is 5.36. The highest BCUT2D eigenvalue weighted by Gasteiger charge is 2.38. The number of hydrogen-bond acceptors (Lipinski definition) is 4. The second-order valence-electron chi connectivity index (χ2n) is 5.47. The second-order valence-corrected chi connectivity index (χ2v) is 5.47.